The second-order valence-corrected chi connectivity index (χ2v) is 5.92. The zero-order valence-corrected chi connectivity index (χ0v) is 12.3. The lowest BCUT2D eigenvalue weighted by Crippen LogP contribution is -1.99. The van der Waals surface area contributed by atoms with Gasteiger partial charge < -0.3 is 10.5 Å². The van der Waals surface area contributed by atoms with Gasteiger partial charge >= 0.3 is 0 Å². The summed E-state index contributed by atoms with van der Waals surface area (Å²) in [7, 11) is 0. The monoisotopic (exact) mass is 329 g/mol. The molecule has 0 fully saturated rings. The molecule has 1 aromatic heterocycles. The lowest BCUT2D eigenvalue weighted by atomic mass is 10.3. The minimum atomic E-state index is -0.379. The molecule has 0 amide bonds. The van der Waals surface area contributed by atoms with Crippen LogP contribution in [0.15, 0.2) is 28.7 Å². The van der Waals surface area contributed by atoms with E-state index >= 15 is 0 Å². The van der Waals surface area contributed by atoms with Crippen LogP contribution in [0.25, 0.3) is 0 Å². The zero-order chi connectivity index (χ0) is 13.1. The summed E-state index contributed by atoms with van der Waals surface area (Å²) >= 11 is 4.96. The lowest BCUT2D eigenvalue weighted by Gasteiger charge is -2.10. The predicted molar refractivity (Wildman–Crippen MR) is 76.5 cm³/mol. The molecule has 0 bridgehead atoms. The molecule has 2 aromatic rings. The van der Waals surface area contributed by atoms with Gasteiger partial charge in [0.1, 0.15) is 12.4 Å². The minimum absolute atomic E-state index is 0.300. The van der Waals surface area contributed by atoms with Crippen molar-refractivity contribution >= 4 is 33.0 Å². The molecule has 0 aliphatic carbocycles. The Morgan fingerprint density at radius 1 is 1.33 bits per heavy atom. The second kappa shape index (κ2) is 5.71. The smallest absolute Gasteiger partial charge is 0.157 e. The standard InChI is InChI=1S/C13H13BrFNOS/c1-2-9-3-4-10(18-9)7-17-13-11(14)5-8(15)6-12(13)16/h3-6H,2,7,16H2,1H3. The number of hydrogen-bond acceptors (Lipinski definition) is 3. The van der Waals surface area contributed by atoms with Crippen LogP contribution in [0.4, 0.5) is 10.1 Å². The number of nitrogens with two attached hydrogens (primary N) is 1. The van der Waals surface area contributed by atoms with E-state index in [4.69, 9.17) is 10.5 Å². The van der Waals surface area contributed by atoms with Crippen molar-refractivity contribution in [3.05, 3.63) is 44.3 Å². The first kappa shape index (κ1) is 13.4. The third kappa shape index (κ3) is 3.03. The molecule has 96 valence electrons. The summed E-state index contributed by atoms with van der Waals surface area (Å²) in [5.41, 5.74) is 6.03. The maximum absolute atomic E-state index is 13.1. The van der Waals surface area contributed by atoms with Crippen molar-refractivity contribution in [1.29, 1.82) is 0 Å². The molecule has 1 heterocycles. The van der Waals surface area contributed by atoms with Gasteiger partial charge in [-0.15, -0.1) is 11.3 Å². The average molecular weight is 330 g/mol. The number of anilines is 1. The quantitative estimate of drug-likeness (QED) is 0.845. The largest absolute Gasteiger partial charge is 0.485 e. The Morgan fingerprint density at radius 3 is 2.67 bits per heavy atom. The number of hydrogen-bond donors (Lipinski definition) is 1. The SMILES string of the molecule is CCc1ccc(COc2c(N)cc(F)cc2Br)s1. The van der Waals surface area contributed by atoms with Crippen LogP contribution in [0.3, 0.4) is 0 Å². The van der Waals surface area contributed by atoms with Gasteiger partial charge in [0.2, 0.25) is 0 Å². The Bertz CT molecular complexity index is 533. The molecule has 18 heavy (non-hydrogen) atoms. The average Bonchev–Trinajstić information content (AvgIpc) is 2.75. The molecular weight excluding hydrogens is 317 g/mol. The summed E-state index contributed by atoms with van der Waals surface area (Å²) in [6, 6.07) is 6.73. The van der Waals surface area contributed by atoms with Crippen LogP contribution in [-0.2, 0) is 13.0 Å². The fraction of sp³-hybridized carbons (Fsp3) is 0.231. The summed E-state index contributed by atoms with van der Waals surface area (Å²) in [5.74, 6) is 0.110. The van der Waals surface area contributed by atoms with Gasteiger partial charge in [0.25, 0.3) is 0 Å². The van der Waals surface area contributed by atoms with Crippen LogP contribution in [0.1, 0.15) is 16.7 Å². The summed E-state index contributed by atoms with van der Waals surface area (Å²) in [6.07, 6.45) is 1.02. The van der Waals surface area contributed by atoms with Gasteiger partial charge in [-0.05, 0) is 40.5 Å². The summed E-state index contributed by atoms with van der Waals surface area (Å²) in [5, 5.41) is 0. The van der Waals surface area contributed by atoms with Gasteiger partial charge in [0.05, 0.1) is 10.2 Å². The maximum atomic E-state index is 13.1. The first-order valence-corrected chi connectivity index (χ1v) is 7.16. The second-order valence-electron chi connectivity index (χ2n) is 3.82. The Morgan fingerprint density at radius 2 is 2.06 bits per heavy atom. The van der Waals surface area contributed by atoms with Crippen molar-refractivity contribution in [2.75, 3.05) is 5.73 Å². The number of nitrogen functional groups attached to an aromatic ring is 1. The van der Waals surface area contributed by atoms with E-state index in [1.54, 1.807) is 11.3 Å². The van der Waals surface area contributed by atoms with Gasteiger partial charge in [-0.1, -0.05) is 6.92 Å². The van der Waals surface area contributed by atoms with E-state index in [-0.39, 0.29) is 5.82 Å². The zero-order valence-electron chi connectivity index (χ0n) is 9.87. The molecule has 0 atom stereocenters. The minimum Gasteiger partial charge on any atom is -0.485 e. The summed E-state index contributed by atoms with van der Waals surface area (Å²) < 4.78 is 19.2. The Labute approximate surface area is 118 Å². The number of halogens is 2. The van der Waals surface area contributed by atoms with Crippen LogP contribution in [0.2, 0.25) is 0 Å². The van der Waals surface area contributed by atoms with Crippen molar-refractivity contribution in [3.8, 4) is 5.75 Å². The number of benzene rings is 1. The molecule has 2 nitrogen and oxygen atoms in total. The molecule has 2 N–H and O–H groups in total. The number of rotatable bonds is 4. The van der Waals surface area contributed by atoms with Gasteiger partial charge in [-0.2, -0.15) is 0 Å². The molecule has 0 saturated heterocycles. The van der Waals surface area contributed by atoms with Gasteiger partial charge in [0, 0.05) is 15.8 Å². The van der Waals surface area contributed by atoms with Crippen molar-refractivity contribution in [3.63, 3.8) is 0 Å². The molecule has 1 aromatic carbocycles. The number of thiophene rings is 1. The van der Waals surface area contributed by atoms with Gasteiger partial charge in [-0.25, -0.2) is 4.39 Å². The molecule has 0 aliphatic rings. The van der Waals surface area contributed by atoms with E-state index in [1.165, 1.54) is 17.0 Å². The molecule has 0 spiro atoms. The first-order chi connectivity index (χ1) is 8.60. The van der Waals surface area contributed by atoms with Crippen LogP contribution in [0, 0.1) is 5.82 Å². The Balaban J connectivity index is 2.10. The summed E-state index contributed by atoms with van der Waals surface area (Å²) in [6.45, 7) is 2.56. The van der Waals surface area contributed by atoms with Crippen molar-refractivity contribution in [2.45, 2.75) is 20.0 Å². The van der Waals surface area contributed by atoms with Gasteiger partial charge in [0.15, 0.2) is 5.75 Å². The molecular formula is C13H13BrFNOS. The first-order valence-electron chi connectivity index (χ1n) is 5.55. The summed E-state index contributed by atoms with van der Waals surface area (Å²) in [4.78, 5) is 2.45. The highest BCUT2D eigenvalue weighted by Gasteiger charge is 2.09. The third-order valence-electron chi connectivity index (χ3n) is 2.46. The topological polar surface area (TPSA) is 35.2 Å². The van der Waals surface area contributed by atoms with Crippen LogP contribution in [0.5, 0.6) is 5.75 Å². The highest BCUT2D eigenvalue weighted by Crippen LogP contribution is 2.33. The number of ether oxygens (including phenoxy) is 1. The molecule has 2 rings (SSSR count). The van der Waals surface area contributed by atoms with E-state index in [0.29, 0.717) is 22.5 Å². The van der Waals surface area contributed by atoms with Crippen molar-refractivity contribution in [2.24, 2.45) is 0 Å². The molecule has 0 saturated carbocycles. The van der Waals surface area contributed by atoms with Gasteiger partial charge in [-0.3, -0.25) is 0 Å². The molecule has 0 radical (unpaired) electrons. The third-order valence-corrected chi connectivity index (χ3v) is 4.25. The van der Waals surface area contributed by atoms with Crippen molar-refractivity contribution in [1.82, 2.24) is 0 Å². The van der Waals surface area contributed by atoms with E-state index in [1.807, 2.05) is 6.07 Å². The molecule has 0 unspecified atom stereocenters. The fourth-order valence-electron chi connectivity index (χ4n) is 1.57. The van der Waals surface area contributed by atoms with Crippen molar-refractivity contribution < 1.29 is 9.13 Å². The Kier molecular flexibility index (Phi) is 4.24. The number of aryl methyl sites for hydroxylation is 1. The van der Waals surface area contributed by atoms with E-state index < -0.39 is 0 Å². The molecule has 5 heteroatoms. The van der Waals surface area contributed by atoms with Crippen LogP contribution >= 0.6 is 27.3 Å². The van der Waals surface area contributed by atoms with E-state index in [2.05, 4.69) is 28.9 Å². The Hall–Kier alpha value is -1.07. The van der Waals surface area contributed by atoms with Crippen LogP contribution in [-0.4, -0.2) is 0 Å². The lowest BCUT2D eigenvalue weighted by molar-refractivity contribution is 0.309. The molecule has 0 aliphatic heterocycles. The predicted octanol–water partition coefficient (Wildman–Crippen LogP) is 4.37. The van der Waals surface area contributed by atoms with E-state index in [0.717, 1.165) is 11.3 Å². The fourth-order valence-corrected chi connectivity index (χ4v) is 3.00. The highest BCUT2D eigenvalue weighted by atomic mass is 79.9. The van der Waals surface area contributed by atoms with Crippen LogP contribution < -0.4 is 10.5 Å². The highest BCUT2D eigenvalue weighted by molar-refractivity contribution is 9.10. The maximum Gasteiger partial charge on any atom is 0.157 e. The van der Waals surface area contributed by atoms with E-state index in [9.17, 15) is 4.39 Å². The normalized spacial score (nSPS) is 10.6.